The SMILES string of the molecule is Cl.Cl.Clc1ccsc1[C@H](C1CCC1)N1CCNCC1. The minimum absolute atomic E-state index is 0. The summed E-state index contributed by atoms with van der Waals surface area (Å²) in [6.07, 6.45) is 4.15. The van der Waals surface area contributed by atoms with Gasteiger partial charge >= 0.3 is 0 Å². The van der Waals surface area contributed by atoms with Crippen molar-refractivity contribution in [1.29, 1.82) is 0 Å². The highest BCUT2D eigenvalue weighted by atomic mass is 35.5. The van der Waals surface area contributed by atoms with Crippen LogP contribution in [0.2, 0.25) is 5.02 Å². The molecule has 1 aliphatic heterocycles. The summed E-state index contributed by atoms with van der Waals surface area (Å²) in [6.45, 7) is 4.56. The second-order valence-electron chi connectivity index (χ2n) is 5.05. The van der Waals surface area contributed by atoms with Gasteiger partial charge in [0.1, 0.15) is 0 Å². The van der Waals surface area contributed by atoms with Crippen molar-refractivity contribution >= 4 is 47.8 Å². The largest absolute Gasteiger partial charge is 0.314 e. The molecule has 110 valence electrons. The van der Waals surface area contributed by atoms with Crippen LogP contribution in [0.25, 0.3) is 0 Å². The van der Waals surface area contributed by atoms with Crippen LogP contribution in [0.15, 0.2) is 11.4 Å². The molecular weight excluding hydrogens is 323 g/mol. The van der Waals surface area contributed by atoms with E-state index < -0.39 is 0 Å². The zero-order valence-electron chi connectivity index (χ0n) is 10.8. The molecule has 0 bridgehead atoms. The van der Waals surface area contributed by atoms with Crippen LogP contribution in [0, 0.1) is 5.92 Å². The Morgan fingerprint density at radius 1 is 1.26 bits per heavy atom. The van der Waals surface area contributed by atoms with Gasteiger partial charge in [0, 0.05) is 37.1 Å². The number of hydrogen-bond donors (Lipinski definition) is 1. The van der Waals surface area contributed by atoms with E-state index >= 15 is 0 Å². The maximum Gasteiger partial charge on any atom is 0.0561 e. The highest BCUT2D eigenvalue weighted by Crippen LogP contribution is 2.45. The molecule has 1 saturated carbocycles. The van der Waals surface area contributed by atoms with E-state index in [1.807, 2.05) is 11.3 Å². The number of halogens is 3. The van der Waals surface area contributed by atoms with Gasteiger partial charge in [-0.3, -0.25) is 4.90 Å². The van der Waals surface area contributed by atoms with Gasteiger partial charge in [-0.25, -0.2) is 0 Å². The Balaban J connectivity index is 0.000000902. The highest BCUT2D eigenvalue weighted by Gasteiger charge is 2.35. The van der Waals surface area contributed by atoms with Crippen molar-refractivity contribution in [2.24, 2.45) is 5.92 Å². The average molecular weight is 344 g/mol. The normalized spacial score (nSPS) is 21.9. The number of nitrogens with one attached hydrogen (secondary N) is 1. The Morgan fingerprint density at radius 3 is 2.42 bits per heavy atom. The molecule has 2 nitrogen and oxygen atoms in total. The van der Waals surface area contributed by atoms with E-state index in [4.69, 9.17) is 11.6 Å². The Kier molecular flexibility index (Phi) is 7.44. The Bertz CT molecular complexity index is 376. The minimum atomic E-state index is 0. The lowest BCUT2D eigenvalue weighted by atomic mass is 9.78. The summed E-state index contributed by atoms with van der Waals surface area (Å²) in [5.74, 6) is 0.837. The molecule has 19 heavy (non-hydrogen) atoms. The minimum Gasteiger partial charge on any atom is -0.314 e. The second kappa shape index (κ2) is 8.06. The summed E-state index contributed by atoms with van der Waals surface area (Å²) in [5, 5.41) is 6.54. The highest BCUT2D eigenvalue weighted by molar-refractivity contribution is 7.10. The zero-order chi connectivity index (χ0) is 11.7. The average Bonchev–Trinajstić information content (AvgIpc) is 2.71. The van der Waals surface area contributed by atoms with Gasteiger partial charge < -0.3 is 5.32 Å². The molecule has 1 saturated heterocycles. The number of thiophene rings is 1. The lowest BCUT2D eigenvalue weighted by molar-refractivity contribution is 0.0861. The summed E-state index contributed by atoms with van der Waals surface area (Å²) in [5.41, 5.74) is 0. The fourth-order valence-electron chi connectivity index (χ4n) is 2.91. The second-order valence-corrected chi connectivity index (χ2v) is 6.41. The molecule has 1 aromatic rings. The summed E-state index contributed by atoms with van der Waals surface area (Å²) < 4.78 is 0. The molecule has 0 aromatic carbocycles. The van der Waals surface area contributed by atoms with Crippen LogP contribution in [-0.2, 0) is 0 Å². The van der Waals surface area contributed by atoms with Crippen LogP contribution in [-0.4, -0.2) is 31.1 Å². The van der Waals surface area contributed by atoms with Gasteiger partial charge in [-0.05, 0) is 30.2 Å². The van der Waals surface area contributed by atoms with E-state index in [2.05, 4.69) is 21.7 Å². The van der Waals surface area contributed by atoms with Gasteiger partial charge in [-0.2, -0.15) is 0 Å². The van der Waals surface area contributed by atoms with Crippen molar-refractivity contribution in [2.45, 2.75) is 25.3 Å². The topological polar surface area (TPSA) is 15.3 Å². The number of nitrogens with zero attached hydrogens (tertiary/aromatic N) is 1. The lowest BCUT2D eigenvalue weighted by Gasteiger charge is -2.42. The molecule has 1 atom stereocenters. The van der Waals surface area contributed by atoms with Crippen molar-refractivity contribution in [3.05, 3.63) is 21.3 Å². The molecule has 6 heteroatoms. The standard InChI is InChI=1S/C13H19ClN2S.2ClH/c14-11-4-9-17-13(11)12(10-2-1-3-10)16-7-5-15-6-8-16;;/h4,9-10,12,15H,1-3,5-8H2;2*1H/t12-;;/m0../s1. The van der Waals surface area contributed by atoms with Gasteiger partial charge in [-0.15, -0.1) is 36.2 Å². The van der Waals surface area contributed by atoms with Crippen LogP contribution >= 0.6 is 47.8 Å². The molecule has 0 amide bonds. The summed E-state index contributed by atoms with van der Waals surface area (Å²) in [4.78, 5) is 4.04. The molecule has 1 aliphatic carbocycles. The number of hydrogen-bond acceptors (Lipinski definition) is 3. The van der Waals surface area contributed by atoms with Crippen LogP contribution in [0.4, 0.5) is 0 Å². The van der Waals surface area contributed by atoms with Crippen molar-refractivity contribution in [2.75, 3.05) is 26.2 Å². The molecule has 2 heterocycles. The van der Waals surface area contributed by atoms with Crippen molar-refractivity contribution in [3.8, 4) is 0 Å². The van der Waals surface area contributed by atoms with Crippen LogP contribution < -0.4 is 5.32 Å². The van der Waals surface area contributed by atoms with Crippen molar-refractivity contribution < 1.29 is 0 Å². The predicted octanol–water partition coefficient (Wildman–Crippen LogP) is 3.99. The first kappa shape index (κ1) is 17.5. The predicted molar refractivity (Wildman–Crippen MR) is 88.3 cm³/mol. The molecule has 0 radical (unpaired) electrons. The van der Waals surface area contributed by atoms with Gasteiger partial charge in [0.25, 0.3) is 0 Å². The van der Waals surface area contributed by atoms with E-state index in [1.54, 1.807) is 0 Å². The van der Waals surface area contributed by atoms with Gasteiger partial charge in [0.2, 0.25) is 0 Å². The smallest absolute Gasteiger partial charge is 0.0561 e. The summed E-state index contributed by atoms with van der Waals surface area (Å²) in [6, 6.07) is 2.63. The van der Waals surface area contributed by atoms with Gasteiger partial charge in [0.05, 0.1) is 5.02 Å². The number of rotatable bonds is 3. The van der Waals surface area contributed by atoms with E-state index in [0.29, 0.717) is 6.04 Å². The van der Waals surface area contributed by atoms with E-state index in [9.17, 15) is 0 Å². The third-order valence-electron chi connectivity index (χ3n) is 4.05. The molecule has 0 spiro atoms. The quantitative estimate of drug-likeness (QED) is 0.892. The number of piperazine rings is 1. The first-order valence-electron chi connectivity index (χ1n) is 6.54. The molecular formula is C13H21Cl3N2S. The summed E-state index contributed by atoms with van der Waals surface area (Å²) in [7, 11) is 0. The monoisotopic (exact) mass is 342 g/mol. The molecule has 2 aliphatic rings. The third kappa shape index (κ3) is 3.78. The van der Waals surface area contributed by atoms with Crippen LogP contribution in [0.1, 0.15) is 30.2 Å². The first-order valence-corrected chi connectivity index (χ1v) is 7.79. The van der Waals surface area contributed by atoms with Crippen LogP contribution in [0.5, 0.6) is 0 Å². The Morgan fingerprint density at radius 2 is 1.95 bits per heavy atom. The lowest BCUT2D eigenvalue weighted by Crippen LogP contribution is -2.47. The first-order chi connectivity index (χ1) is 8.36. The molecule has 1 aromatic heterocycles. The van der Waals surface area contributed by atoms with E-state index in [1.165, 1.54) is 24.1 Å². The maximum absolute atomic E-state index is 6.35. The van der Waals surface area contributed by atoms with Crippen molar-refractivity contribution in [1.82, 2.24) is 10.2 Å². The Hall–Kier alpha value is 0.490. The molecule has 1 N–H and O–H groups in total. The fourth-order valence-corrected chi connectivity index (χ4v) is 4.31. The fraction of sp³-hybridized carbons (Fsp3) is 0.692. The van der Waals surface area contributed by atoms with E-state index in [-0.39, 0.29) is 24.8 Å². The molecule has 2 fully saturated rings. The van der Waals surface area contributed by atoms with E-state index in [0.717, 1.165) is 37.1 Å². The van der Waals surface area contributed by atoms with Crippen molar-refractivity contribution in [3.63, 3.8) is 0 Å². The Labute approximate surface area is 136 Å². The van der Waals surface area contributed by atoms with Crippen LogP contribution in [0.3, 0.4) is 0 Å². The maximum atomic E-state index is 6.35. The van der Waals surface area contributed by atoms with Gasteiger partial charge in [0.15, 0.2) is 0 Å². The molecule has 0 unspecified atom stereocenters. The molecule has 3 rings (SSSR count). The third-order valence-corrected chi connectivity index (χ3v) is 5.48. The summed E-state index contributed by atoms with van der Waals surface area (Å²) >= 11 is 8.18. The van der Waals surface area contributed by atoms with Gasteiger partial charge in [-0.1, -0.05) is 18.0 Å². The zero-order valence-corrected chi connectivity index (χ0v) is 14.0.